The number of aromatic nitrogens is 1. The Labute approximate surface area is 78.1 Å². The molecule has 1 aromatic rings. The molecular formula is C10H14N2O. The van der Waals surface area contributed by atoms with E-state index in [2.05, 4.69) is 23.3 Å². The highest BCUT2D eigenvalue weighted by atomic mass is 16.5. The molecule has 2 rings (SSSR count). The van der Waals surface area contributed by atoms with Crippen molar-refractivity contribution in [3.63, 3.8) is 0 Å². The second kappa shape index (κ2) is 3.34. The van der Waals surface area contributed by atoms with E-state index in [1.165, 1.54) is 11.1 Å². The normalized spacial score (nSPS) is 15.8. The largest absolute Gasteiger partial charge is 0.476 e. The first-order valence-corrected chi connectivity index (χ1v) is 4.58. The first-order valence-electron chi connectivity index (χ1n) is 4.58. The maximum atomic E-state index is 5.54. The van der Waals surface area contributed by atoms with Crippen molar-refractivity contribution in [3.8, 4) is 5.88 Å². The molecule has 3 heteroatoms. The van der Waals surface area contributed by atoms with Gasteiger partial charge in [-0.1, -0.05) is 0 Å². The predicted octanol–water partition coefficient (Wildman–Crippen LogP) is 1.18. The van der Waals surface area contributed by atoms with Gasteiger partial charge in [0.05, 0.1) is 0 Å². The van der Waals surface area contributed by atoms with E-state index in [9.17, 15) is 0 Å². The Morgan fingerprint density at radius 3 is 3.15 bits per heavy atom. The molecule has 0 saturated heterocycles. The number of hydrogen-bond acceptors (Lipinski definition) is 3. The van der Waals surface area contributed by atoms with Gasteiger partial charge in [-0.15, -0.1) is 0 Å². The van der Waals surface area contributed by atoms with E-state index in [-0.39, 0.29) is 0 Å². The zero-order valence-corrected chi connectivity index (χ0v) is 8.05. The fourth-order valence-electron chi connectivity index (χ4n) is 1.60. The molecule has 0 saturated carbocycles. The number of pyridine rings is 1. The lowest BCUT2D eigenvalue weighted by Gasteiger charge is -2.08. The van der Waals surface area contributed by atoms with Crippen LogP contribution in [0.3, 0.4) is 0 Å². The molecule has 0 bridgehead atoms. The summed E-state index contributed by atoms with van der Waals surface area (Å²) in [5, 5.41) is 3.30. The molecule has 70 valence electrons. The van der Waals surface area contributed by atoms with Crippen LogP contribution in [-0.4, -0.2) is 18.1 Å². The lowest BCUT2D eigenvalue weighted by molar-refractivity contribution is 0.313. The van der Waals surface area contributed by atoms with Crippen LogP contribution in [-0.2, 0) is 6.54 Å². The molecule has 0 aromatic carbocycles. The monoisotopic (exact) mass is 178 g/mol. The Kier molecular flexibility index (Phi) is 2.19. The number of hydrogen-bond donors (Lipinski definition) is 1. The average Bonchev–Trinajstić information content (AvgIpc) is 2.28. The summed E-state index contributed by atoms with van der Waals surface area (Å²) in [5.41, 5.74) is 3.48. The molecule has 0 spiro atoms. The van der Waals surface area contributed by atoms with Gasteiger partial charge in [-0.3, -0.25) is 0 Å². The van der Waals surface area contributed by atoms with Crippen LogP contribution in [0.25, 0.3) is 0 Å². The lowest BCUT2D eigenvalue weighted by atomic mass is 10.1. The molecule has 0 aliphatic carbocycles. The summed E-state index contributed by atoms with van der Waals surface area (Å²) in [6.45, 7) is 6.57. The molecule has 1 aromatic heterocycles. The lowest BCUT2D eigenvalue weighted by Crippen LogP contribution is -2.16. The van der Waals surface area contributed by atoms with Crippen molar-refractivity contribution in [2.45, 2.75) is 20.4 Å². The fourth-order valence-corrected chi connectivity index (χ4v) is 1.60. The highest BCUT2D eigenvalue weighted by Crippen LogP contribution is 2.21. The summed E-state index contributed by atoms with van der Waals surface area (Å²) in [6.07, 6.45) is 0. The van der Waals surface area contributed by atoms with Gasteiger partial charge in [-0.2, -0.15) is 0 Å². The van der Waals surface area contributed by atoms with Crippen LogP contribution < -0.4 is 10.1 Å². The second-order valence-corrected chi connectivity index (χ2v) is 3.39. The molecule has 1 N–H and O–H groups in total. The van der Waals surface area contributed by atoms with Crippen LogP contribution in [0.15, 0.2) is 6.07 Å². The van der Waals surface area contributed by atoms with Crippen LogP contribution in [0.4, 0.5) is 0 Å². The summed E-state index contributed by atoms with van der Waals surface area (Å²) in [5.74, 6) is 0.808. The summed E-state index contributed by atoms with van der Waals surface area (Å²) in [7, 11) is 0. The van der Waals surface area contributed by atoms with Crippen molar-refractivity contribution in [1.29, 1.82) is 0 Å². The molecule has 0 radical (unpaired) electrons. The number of nitrogens with one attached hydrogen (secondary N) is 1. The van der Waals surface area contributed by atoms with Crippen LogP contribution in [0.5, 0.6) is 5.88 Å². The van der Waals surface area contributed by atoms with Crippen molar-refractivity contribution in [2.75, 3.05) is 13.2 Å². The van der Waals surface area contributed by atoms with E-state index in [0.29, 0.717) is 6.61 Å². The van der Waals surface area contributed by atoms with Gasteiger partial charge in [-0.05, 0) is 25.5 Å². The third-order valence-corrected chi connectivity index (χ3v) is 2.26. The van der Waals surface area contributed by atoms with E-state index in [1.54, 1.807) is 0 Å². The first-order chi connectivity index (χ1) is 6.27. The van der Waals surface area contributed by atoms with E-state index in [1.807, 2.05) is 6.92 Å². The molecule has 0 fully saturated rings. The summed E-state index contributed by atoms with van der Waals surface area (Å²) < 4.78 is 5.54. The van der Waals surface area contributed by atoms with E-state index in [0.717, 1.165) is 24.7 Å². The van der Waals surface area contributed by atoms with Crippen molar-refractivity contribution in [2.24, 2.45) is 0 Å². The standard InChI is InChI=1S/C10H14N2O/c1-7-5-8(2)12-10-9(7)6-11-3-4-13-10/h5,11H,3-4,6H2,1-2H3. The maximum absolute atomic E-state index is 5.54. The Morgan fingerprint density at radius 2 is 2.31 bits per heavy atom. The second-order valence-electron chi connectivity index (χ2n) is 3.39. The summed E-state index contributed by atoms with van der Waals surface area (Å²) >= 11 is 0. The molecule has 1 aliphatic heterocycles. The van der Waals surface area contributed by atoms with Crippen LogP contribution >= 0.6 is 0 Å². The van der Waals surface area contributed by atoms with Crippen LogP contribution in [0, 0.1) is 13.8 Å². The number of ether oxygens (including phenoxy) is 1. The van der Waals surface area contributed by atoms with Crippen molar-refractivity contribution < 1.29 is 4.74 Å². The van der Waals surface area contributed by atoms with Gasteiger partial charge in [0, 0.05) is 24.3 Å². The Bertz CT molecular complexity index is 323. The van der Waals surface area contributed by atoms with Crippen molar-refractivity contribution in [1.82, 2.24) is 10.3 Å². The van der Waals surface area contributed by atoms with Gasteiger partial charge in [0.15, 0.2) is 0 Å². The maximum Gasteiger partial charge on any atom is 0.218 e. The number of nitrogens with zero attached hydrogens (tertiary/aromatic N) is 1. The molecular weight excluding hydrogens is 164 g/mol. The zero-order chi connectivity index (χ0) is 9.26. The summed E-state index contributed by atoms with van der Waals surface area (Å²) in [6, 6.07) is 2.09. The van der Waals surface area contributed by atoms with Crippen molar-refractivity contribution in [3.05, 3.63) is 22.9 Å². The number of rotatable bonds is 0. The molecule has 3 nitrogen and oxygen atoms in total. The zero-order valence-electron chi connectivity index (χ0n) is 8.05. The smallest absolute Gasteiger partial charge is 0.218 e. The van der Waals surface area contributed by atoms with Gasteiger partial charge in [-0.25, -0.2) is 4.98 Å². The van der Waals surface area contributed by atoms with Gasteiger partial charge >= 0.3 is 0 Å². The third-order valence-electron chi connectivity index (χ3n) is 2.26. The number of aryl methyl sites for hydroxylation is 2. The van der Waals surface area contributed by atoms with E-state index in [4.69, 9.17) is 4.74 Å². The molecule has 1 aliphatic rings. The molecule has 2 heterocycles. The molecule has 13 heavy (non-hydrogen) atoms. The Morgan fingerprint density at radius 1 is 1.46 bits per heavy atom. The molecule has 0 unspecified atom stereocenters. The third kappa shape index (κ3) is 1.65. The SMILES string of the molecule is Cc1cc(C)c2c(n1)OCCNC2. The molecule has 0 atom stereocenters. The van der Waals surface area contributed by atoms with E-state index < -0.39 is 0 Å². The quantitative estimate of drug-likeness (QED) is 0.647. The highest BCUT2D eigenvalue weighted by molar-refractivity contribution is 5.36. The Balaban J connectivity index is 2.47. The average molecular weight is 178 g/mol. The first kappa shape index (κ1) is 8.51. The minimum Gasteiger partial charge on any atom is -0.476 e. The predicted molar refractivity (Wildman–Crippen MR) is 50.9 cm³/mol. The van der Waals surface area contributed by atoms with Gasteiger partial charge < -0.3 is 10.1 Å². The molecule has 0 amide bonds. The highest BCUT2D eigenvalue weighted by Gasteiger charge is 2.12. The van der Waals surface area contributed by atoms with Crippen molar-refractivity contribution >= 4 is 0 Å². The van der Waals surface area contributed by atoms with Crippen LogP contribution in [0.2, 0.25) is 0 Å². The van der Waals surface area contributed by atoms with Crippen LogP contribution in [0.1, 0.15) is 16.8 Å². The fraction of sp³-hybridized carbons (Fsp3) is 0.500. The summed E-state index contributed by atoms with van der Waals surface area (Å²) in [4.78, 5) is 4.37. The topological polar surface area (TPSA) is 34.1 Å². The Hall–Kier alpha value is -1.09. The van der Waals surface area contributed by atoms with Gasteiger partial charge in [0.1, 0.15) is 6.61 Å². The van der Waals surface area contributed by atoms with E-state index >= 15 is 0 Å². The minimum absolute atomic E-state index is 0.711. The number of fused-ring (bicyclic) bond motifs is 1. The minimum atomic E-state index is 0.711. The van der Waals surface area contributed by atoms with Gasteiger partial charge in [0.25, 0.3) is 0 Å². The van der Waals surface area contributed by atoms with Gasteiger partial charge in [0.2, 0.25) is 5.88 Å².